The molecule has 1 aromatic carbocycles. The molecule has 2 amide bonds. The number of carbonyl (C=O) groups is 2. The van der Waals surface area contributed by atoms with Crippen molar-refractivity contribution in [1.29, 1.82) is 0 Å². The highest BCUT2D eigenvalue weighted by atomic mass is 32.1. The fraction of sp³-hybridized carbons (Fsp3) is 0.476. The number of hydrogen-bond donors (Lipinski definition) is 1. The van der Waals surface area contributed by atoms with E-state index < -0.39 is 5.41 Å². The summed E-state index contributed by atoms with van der Waals surface area (Å²) in [6.45, 7) is 3.91. The van der Waals surface area contributed by atoms with Gasteiger partial charge in [-0.1, -0.05) is 25.3 Å². The second-order valence-electron chi connectivity index (χ2n) is 8.08. The summed E-state index contributed by atoms with van der Waals surface area (Å²) in [6.07, 6.45) is 5.47. The molecule has 1 aromatic heterocycles. The van der Waals surface area contributed by atoms with Crippen molar-refractivity contribution in [2.45, 2.75) is 51.4 Å². The summed E-state index contributed by atoms with van der Waals surface area (Å²) in [7, 11) is 1.82. The number of anilines is 2. The van der Waals surface area contributed by atoms with Crippen molar-refractivity contribution < 1.29 is 9.59 Å². The average Bonchev–Trinajstić information content (AvgIpc) is 3.21. The van der Waals surface area contributed by atoms with Gasteiger partial charge in [-0.05, 0) is 44.4 Å². The molecule has 2 aliphatic rings. The molecule has 2 aromatic rings. The SMILES string of the molecule is CN1C(=O)C(C)(C)c2cc(-c3csc(NC(=O)C4CCCCC4)n3)ccc21. The topological polar surface area (TPSA) is 62.3 Å². The third-order valence-corrected chi connectivity index (χ3v) is 6.63. The minimum Gasteiger partial charge on any atom is -0.314 e. The van der Waals surface area contributed by atoms with E-state index in [0.717, 1.165) is 48.2 Å². The molecule has 2 heterocycles. The van der Waals surface area contributed by atoms with Gasteiger partial charge < -0.3 is 10.2 Å². The predicted octanol–water partition coefficient (Wildman–Crippen LogP) is 4.58. The van der Waals surface area contributed by atoms with Crippen LogP contribution in [0.15, 0.2) is 23.6 Å². The zero-order valence-electron chi connectivity index (χ0n) is 16.0. The Hall–Kier alpha value is -2.21. The maximum Gasteiger partial charge on any atom is 0.236 e. The molecule has 0 atom stereocenters. The first-order valence-electron chi connectivity index (χ1n) is 9.57. The third-order valence-electron chi connectivity index (χ3n) is 5.88. The van der Waals surface area contributed by atoms with Crippen molar-refractivity contribution in [3.8, 4) is 11.3 Å². The second kappa shape index (κ2) is 6.75. The number of nitrogens with one attached hydrogen (secondary N) is 1. The lowest BCUT2D eigenvalue weighted by atomic mass is 9.85. The lowest BCUT2D eigenvalue weighted by Gasteiger charge is -2.19. The zero-order chi connectivity index (χ0) is 19.2. The van der Waals surface area contributed by atoms with E-state index in [1.165, 1.54) is 17.8 Å². The zero-order valence-corrected chi connectivity index (χ0v) is 16.9. The van der Waals surface area contributed by atoms with Gasteiger partial charge in [0, 0.05) is 29.6 Å². The third kappa shape index (κ3) is 3.16. The van der Waals surface area contributed by atoms with Gasteiger partial charge in [-0.25, -0.2) is 4.98 Å². The first-order chi connectivity index (χ1) is 12.9. The van der Waals surface area contributed by atoms with Crippen molar-refractivity contribution in [2.24, 2.45) is 5.92 Å². The Labute approximate surface area is 163 Å². The van der Waals surface area contributed by atoms with Crippen molar-refractivity contribution in [3.05, 3.63) is 29.1 Å². The average molecular weight is 384 g/mol. The Bertz CT molecular complexity index is 897. The van der Waals surface area contributed by atoms with Crippen LogP contribution in [0.5, 0.6) is 0 Å². The molecule has 27 heavy (non-hydrogen) atoms. The van der Waals surface area contributed by atoms with Gasteiger partial charge in [0.2, 0.25) is 11.8 Å². The lowest BCUT2D eigenvalue weighted by Crippen LogP contribution is -2.33. The van der Waals surface area contributed by atoms with E-state index in [0.29, 0.717) is 5.13 Å². The summed E-state index contributed by atoms with van der Waals surface area (Å²) in [4.78, 5) is 31.2. The van der Waals surface area contributed by atoms with Crippen LogP contribution in [0.3, 0.4) is 0 Å². The van der Waals surface area contributed by atoms with Gasteiger partial charge >= 0.3 is 0 Å². The highest BCUT2D eigenvalue weighted by molar-refractivity contribution is 7.14. The molecule has 6 heteroatoms. The number of thiazole rings is 1. The standard InChI is InChI=1S/C21H25N3O2S/c1-21(2)15-11-14(9-10-17(15)24(3)19(21)26)16-12-27-20(22-16)23-18(25)13-7-5-4-6-8-13/h9-13H,4-8H2,1-3H3,(H,22,23,25). The van der Waals surface area contributed by atoms with E-state index in [1.807, 2.05) is 38.4 Å². The highest BCUT2D eigenvalue weighted by Crippen LogP contribution is 2.42. The van der Waals surface area contributed by atoms with E-state index in [-0.39, 0.29) is 17.7 Å². The monoisotopic (exact) mass is 383 g/mol. The van der Waals surface area contributed by atoms with Gasteiger partial charge in [0.15, 0.2) is 5.13 Å². The smallest absolute Gasteiger partial charge is 0.236 e. The van der Waals surface area contributed by atoms with Crippen molar-refractivity contribution >= 4 is 34.0 Å². The minimum absolute atomic E-state index is 0.0953. The van der Waals surface area contributed by atoms with Gasteiger partial charge in [0.05, 0.1) is 11.1 Å². The first kappa shape index (κ1) is 18.2. The van der Waals surface area contributed by atoms with Crippen molar-refractivity contribution in [3.63, 3.8) is 0 Å². The van der Waals surface area contributed by atoms with E-state index in [2.05, 4.69) is 16.4 Å². The van der Waals surface area contributed by atoms with Crippen LogP contribution in [0.1, 0.15) is 51.5 Å². The summed E-state index contributed by atoms with van der Waals surface area (Å²) < 4.78 is 0. The van der Waals surface area contributed by atoms with Crippen LogP contribution in [0.4, 0.5) is 10.8 Å². The van der Waals surface area contributed by atoms with Gasteiger partial charge in [-0.3, -0.25) is 9.59 Å². The van der Waals surface area contributed by atoms with Gasteiger partial charge in [-0.15, -0.1) is 11.3 Å². The maximum atomic E-state index is 12.5. The molecular formula is C21H25N3O2S. The largest absolute Gasteiger partial charge is 0.314 e. The highest BCUT2D eigenvalue weighted by Gasteiger charge is 2.42. The molecule has 1 aliphatic heterocycles. The molecular weight excluding hydrogens is 358 g/mol. The van der Waals surface area contributed by atoms with Crippen LogP contribution in [0.25, 0.3) is 11.3 Å². The van der Waals surface area contributed by atoms with E-state index in [1.54, 1.807) is 4.90 Å². The van der Waals surface area contributed by atoms with Crippen LogP contribution >= 0.6 is 11.3 Å². The molecule has 0 bridgehead atoms. The molecule has 1 saturated carbocycles. The van der Waals surface area contributed by atoms with Crippen LogP contribution in [-0.4, -0.2) is 23.8 Å². The Kier molecular flexibility index (Phi) is 4.54. The lowest BCUT2D eigenvalue weighted by molar-refractivity contribution is -0.122. The van der Waals surface area contributed by atoms with Gasteiger partial charge in [0.25, 0.3) is 0 Å². The van der Waals surface area contributed by atoms with Crippen LogP contribution in [-0.2, 0) is 15.0 Å². The molecule has 1 fully saturated rings. The number of aromatic nitrogens is 1. The summed E-state index contributed by atoms with van der Waals surface area (Å²) >= 11 is 1.45. The number of amides is 2. The molecule has 1 N–H and O–H groups in total. The van der Waals surface area contributed by atoms with Crippen LogP contribution in [0.2, 0.25) is 0 Å². The number of carbonyl (C=O) groups excluding carboxylic acids is 2. The van der Waals surface area contributed by atoms with E-state index in [4.69, 9.17) is 0 Å². The summed E-state index contributed by atoms with van der Waals surface area (Å²) in [5, 5.41) is 5.60. The first-order valence-corrected chi connectivity index (χ1v) is 10.5. The maximum absolute atomic E-state index is 12.5. The van der Waals surface area contributed by atoms with E-state index >= 15 is 0 Å². The Morgan fingerprint density at radius 2 is 2.00 bits per heavy atom. The summed E-state index contributed by atoms with van der Waals surface area (Å²) in [5.41, 5.74) is 3.25. The molecule has 0 radical (unpaired) electrons. The quantitative estimate of drug-likeness (QED) is 0.844. The number of benzene rings is 1. The number of rotatable bonds is 3. The number of hydrogen-bond acceptors (Lipinski definition) is 4. The second-order valence-corrected chi connectivity index (χ2v) is 8.94. The molecule has 0 spiro atoms. The fourth-order valence-electron chi connectivity index (χ4n) is 4.17. The summed E-state index contributed by atoms with van der Waals surface area (Å²) in [5.74, 6) is 0.319. The number of fused-ring (bicyclic) bond motifs is 1. The molecule has 0 saturated heterocycles. The number of nitrogens with zero attached hydrogens (tertiary/aromatic N) is 2. The molecule has 4 rings (SSSR count). The molecule has 142 valence electrons. The number of likely N-dealkylation sites (N-methyl/N-ethyl adjacent to an activating group) is 1. The molecule has 0 unspecified atom stereocenters. The minimum atomic E-state index is -0.534. The normalized spacial score (nSPS) is 19.2. The fourth-order valence-corrected chi connectivity index (χ4v) is 4.89. The van der Waals surface area contributed by atoms with Crippen LogP contribution in [0, 0.1) is 5.92 Å². The van der Waals surface area contributed by atoms with E-state index in [9.17, 15) is 9.59 Å². The molecule has 5 nitrogen and oxygen atoms in total. The molecule has 1 aliphatic carbocycles. The van der Waals surface area contributed by atoms with Gasteiger partial charge in [-0.2, -0.15) is 0 Å². The predicted molar refractivity (Wildman–Crippen MR) is 109 cm³/mol. The van der Waals surface area contributed by atoms with Crippen molar-refractivity contribution in [1.82, 2.24) is 4.98 Å². The summed E-state index contributed by atoms with van der Waals surface area (Å²) in [6, 6.07) is 6.03. The van der Waals surface area contributed by atoms with Crippen molar-refractivity contribution in [2.75, 3.05) is 17.3 Å². The van der Waals surface area contributed by atoms with Crippen LogP contribution < -0.4 is 10.2 Å². The Balaban J connectivity index is 1.55. The Morgan fingerprint density at radius 3 is 2.74 bits per heavy atom. The van der Waals surface area contributed by atoms with Gasteiger partial charge in [0.1, 0.15) is 0 Å². The Morgan fingerprint density at radius 1 is 1.26 bits per heavy atom.